The summed E-state index contributed by atoms with van der Waals surface area (Å²) in [6, 6.07) is 9.58. The highest BCUT2D eigenvalue weighted by atomic mass is 16.5. The van der Waals surface area contributed by atoms with Gasteiger partial charge in [0.25, 0.3) is 0 Å². The summed E-state index contributed by atoms with van der Waals surface area (Å²) in [6.45, 7) is 4.12. The molecule has 2 fully saturated rings. The standard InChI is InChI=1S/C15H17NO3/c1-10-11(2)15(8-17)9-19-14(16(15)13(10)18)12-6-4-3-5-7-12/h3-8,10-11,14H,9H2,1-2H3/t10?,11?,14?,15-/m0/s1. The highest BCUT2D eigenvalue weighted by Crippen LogP contribution is 2.48. The van der Waals surface area contributed by atoms with Gasteiger partial charge in [-0.25, -0.2) is 0 Å². The zero-order valence-corrected chi connectivity index (χ0v) is 11.1. The predicted molar refractivity (Wildman–Crippen MR) is 69.1 cm³/mol. The van der Waals surface area contributed by atoms with Crippen molar-refractivity contribution in [3.63, 3.8) is 0 Å². The fourth-order valence-electron chi connectivity index (χ4n) is 3.17. The van der Waals surface area contributed by atoms with Gasteiger partial charge < -0.3 is 9.53 Å². The minimum Gasteiger partial charge on any atom is -0.351 e. The van der Waals surface area contributed by atoms with Gasteiger partial charge in [-0.1, -0.05) is 44.2 Å². The van der Waals surface area contributed by atoms with Crippen molar-refractivity contribution in [3.8, 4) is 0 Å². The molecule has 2 aliphatic rings. The van der Waals surface area contributed by atoms with Crippen LogP contribution in [0.15, 0.2) is 30.3 Å². The topological polar surface area (TPSA) is 46.6 Å². The lowest BCUT2D eigenvalue weighted by molar-refractivity contribution is -0.140. The van der Waals surface area contributed by atoms with E-state index in [0.29, 0.717) is 0 Å². The molecule has 4 heteroatoms. The largest absolute Gasteiger partial charge is 0.351 e. The summed E-state index contributed by atoms with van der Waals surface area (Å²) in [5.74, 6) is -0.155. The molecular formula is C15H17NO3. The Hall–Kier alpha value is -1.68. The second kappa shape index (κ2) is 4.17. The van der Waals surface area contributed by atoms with Gasteiger partial charge in [0.1, 0.15) is 11.8 Å². The molecule has 0 spiro atoms. The van der Waals surface area contributed by atoms with Crippen molar-refractivity contribution >= 4 is 12.2 Å². The summed E-state index contributed by atoms with van der Waals surface area (Å²) in [4.78, 5) is 25.7. The zero-order valence-electron chi connectivity index (χ0n) is 11.1. The monoisotopic (exact) mass is 259 g/mol. The Morgan fingerprint density at radius 3 is 2.63 bits per heavy atom. The Labute approximate surface area is 112 Å². The SMILES string of the molecule is CC1C(=O)N2C(c3ccccc3)OC[C@@]2(C=O)C1C. The van der Waals surface area contributed by atoms with Crippen LogP contribution in [0, 0.1) is 11.8 Å². The molecule has 0 aromatic heterocycles. The first-order valence-electron chi connectivity index (χ1n) is 6.58. The van der Waals surface area contributed by atoms with Gasteiger partial charge in [-0.15, -0.1) is 0 Å². The number of hydrogen-bond donors (Lipinski definition) is 0. The van der Waals surface area contributed by atoms with E-state index in [1.54, 1.807) is 4.90 Å². The Morgan fingerprint density at radius 1 is 1.32 bits per heavy atom. The van der Waals surface area contributed by atoms with E-state index in [1.807, 2.05) is 44.2 Å². The van der Waals surface area contributed by atoms with Crippen molar-refractivity contribution in [2.75, 3.05) is 6.61 Å². The first kappa shape index (κ1) is 12.4. The summed E-state index contributed by atoms with van der Waals surface area (Å²) in [5, 5.41) is 0. The fourth-order valence-corrected chi connectivity index (χ4v) is 3.17. The number of benzene rings is 1. The highest BCUT2D eigenvalue weighted by Gasteiger charge is 2.61. The minimum absolute atomic E-state index is 0.00551. The van der Waals surface area contributed by atoms with Gasteiger partial charge in [0.05, 0.1) is 6.61 Å². The molecule has 4 nitrogen and oxygen atoms in total. The van der Waals surface area contributed by atoms with E-state index >= 15 is 0 Å². The van der Waals surface area contributed by atoms with Crippen LogP contribution in [0.4, 0.5) is 0 Å². The molecule has 1 aromatic rings. The lowest BCUT2D eigenvalue weighted by Gasteiger charge is -2.30. The second-order valence-electron chi connectivity index (χ2n) is 5.47. The fraction of sp³-hybridized carbons (Fsp3) is 0.467. The summed E-state index contributed by atoms with van der Waals surface area (Å²) in [6.07, 6.45) is 0.452. The second-order valence-corrected chi connectivity index (χ2v) is 5.47. The number of aldehydes is 1. The van der Waals surface area contributed by atoms with Gasteiger partial charge in [-0.3, -0.25) is 9.69 Å². The summed E-state index contributed by atoms with van der Waals surface area (Å²) in [5.41, 5.74) is 0.123. The van der Waals surface area contributed by atoms with Crippen molar-refractivity contribution in [3.05, 3.63) is 35.9 Å². The number of fused-ring (bicyclic) bond motifs is 1. The average Bonchev–Trinajstić information content (AvgIpc) is 2.93. The molecule has 100 valence electrons. The Bertz CT molecular complexity index is 515. The smallest absolute Gasteiger partial charge is 0.228 e. The summed E-state index contributed by atoms with van der Waals surface area (Å²) >= 11 is 0. The van der Waals surface area contributed by atoms with E-state index < -0.39 is 11.8 Å². The molecule has 3 unspecified atom stereocenters. The van der Waals surface area contributed by atoms with E-state index in [9.17, 15) is 9.59 Å². The van der Waals surface area contributed by atoms with Crippen molar-refractivity contribution in [2.45, 2.75) is 25.6 Å². The van der Waals surface area contributed by atoms with Gasteiger partial charge in [-0.2, -0.15) is 0 Å². The van der Waals surface area contributed by atoms with E-state index in [4.69, 9.17) is 4.74 Å². The molecule has 0 aliphatic carbocycles. The van der Waals surface area contributed by atoms with E-state index in [1.165, 1.54) is 0 Å². The van der Waals surface area contributed by atoms with Crippen LogP contribution >= 0.6 is 0 Å². The third-order valence-electron chi connectivity index (χ3n) is 4.61. The van der Waals surface area contributed by atoms with Gasteiger partial charge in [0.2, 0.25) is 5.91 Å². The first-order valence-corrected chi connectivity index (χ1v) is 6.58. The number of carbonyl (C=O) groups excluding carboxylic acids is 2. The molecule has 0 bridgehead atoms. The molecule has 1 amide bonds. The molecule has 0 N–H and O–H groups in total. The normalized spacial score (nSPS) is 37.5. The van der Waals surface area contributed by atoms with Crippen molar-refractivity contribution < 1.29 is 14.3 Å². The number of carbonyl (C=O) groups is 2. The molecule has 2 saturated heterocycles. The van der Waals surface area contributed by atoms with Crippen LogP contribution in [-0.2, 0) is 14.3 Å². The molecular weight excluding hydrogens is 242 g/mol. The Kier molecular flexibility index (Phi) is 2.71. The number of hydrogen-bond acceptors (Lipinski definition) is 3. The third kappa shape index (κ3) is 1.49. The van der Waals surface area contributed by atoms with E-state index in [2.05, 4.69) is 0 Å². The Morgan fingerprint density at radius 2 is 2.00 bits per heavy atom. The van der Waals surface area contributed by atoms with E-state index in [0.717, 1.165) is 11.8 Å². The van der Waals surface area contributed by atoms with E-state index in [-0.39, 0.29) is 24.3 Å². The van der Waals surface area contributed by atoms with Crippen LogP contribution in [0.1, 0.15) is 25.6 Å². The lowest BCUT2D eigenvalue weighted by atomic mass is 9.83. The molecule has 2 heterocycles. The van der Waals surface area contributed by atoms with Crippen LogP contribution < -0.4 is 0 Å². The molecule has 0 saturated carbocycles. The van der Waals surface area contributed by atoms with Crippen molar-refractivity contribution in [1.82, 2.24) is 4.90 Å². The maximum absolute atomic E-state index is 12.4. The maximum Gasteiger partial charge on any atom is 0.228 e. The van der Waals surface area contributed by atoms with Crippen molar-refractivity contribution in [2.24, 2.45) is 11.8 Å². The molecule has 19 heavy (non-hydrogen) atoms. The van der Waals surface area contributed by atoms with Crippen LogP contribution in [0.3, 0.4) is 0 Å². The maximum atomic E-state index is 12.4. The summed E-state index contributed by atoms with van der Waals surface area (Å²) < 4.78 is 5.76. The van der Waals surface area contributed by atoms with Gasteiger partial charge in [0.15, 0.2) is 6.23 Å². The molecule has 1 aromatic carbocycles. The first-order chi connectivity index (χ1) is 9.12. The molecule has 0 radical (unpaired) electrons. The molecule has 3 rings (SSSR count). The van der Waals surface area contributed by atoms with Gasteiger partial charge in [-0.05, 0) is 5.92 Å². The molecule has 4 atom stereocenters. The molecule has 2 aliphatic heterocycles. The Balaban J connectivity index is 2.05. The zero-order chi connectivity index (χ0) is 13.6. The number of amides is 1. The van der Waals surface area contributed by atoms with Gasteiger partial charge in [0, 0.05) is 11.5 Å². The van der Waals surface area contributed by atoms with Crippen LogP contribution in [-0.4, -0.2) is 29.2 Å². The van der Waals surface area contributed by atoms with Crippen LogP contribution in [0.25, 0.3) is 0 Å². The summed E-state index contributed by atoms with van der Waals surface area (Å²) in [7, 11) is 0. The number of rotatable bonds is 2. The highest BCUT2D eigenvalue weighted by molar-refractivity contribution is 5.89. The van der Waals surface area contributed by atoms with Crippen LogP contribution in [0.5, 0.6) is 0 Å². The quantitative estimate of drug-likeness (QED) is 0.760. The lowest BCUT2D eigenvalue weighted by Crippen LogP contribution is -2.48. The average molecular weight is 259 g/mol. The minimum atomic E-state index is -0.795. The predicted octanol–water partition coefficient (Wildman–Crippen LogP) is 1.77. The number of nitrogens with zero attached hydrogens (tertiary/aromatic N) is 1. The van der Waals surface area contributed by atoms with Crippen molar-refractivity contribution in [1.29, 1.82) is 0 Å². The number of ether oxygens (including phenoxy) is 1. The van der Waals surface area contributed by atoms with Gasteiger partial charge >= 0.3 is 0 Å². The van der Waals surface area contributed by atoms with Crippen LogP contribution in [0.2, 0.25) is 0 Å². The third-order valence-corrected chi connectivity index (χ3v) is 4.61.